The van der Waals surface area contributed by atoms with Crippen LogP contribution in [0.3, 0.4) is 0 Å². The molecule has 1 fully saturated rings. The fourth-order valence-corrected chi connectivity index (χ4v) is 3.28. The molecular weight excluding hydrogens is 344 g/mol. The lowest BCUT2D eigenvalue weighted by Gasteiger charge is -2.22. The van der Waals surface area contributed by atoms with E-state index in [1.165, 1.54) is 18.2 Å². The van der Waals surface area contributed by atoms with Gasteiger partial charge in [-0.15, -0.1) is 0 Å². The minimum atomic E-state index is -0.262. The summed E-state index contributed by atoms with van der Waals surface area (Å²) in [6.07, 6.45) is 0.674. The molecule has 1 aliphatic heterocycles. The number of aromatic hydroxyl groups is 2. The number of rotatable bonds is 2. The van der Waals surface area contributed by atoms with E-state index in [1.54, 1.807) is 9.80 Å². The summed E-state index contributed by atoms with van der Waals surface area (Å²) in [5.74, 6) is -0.594. The Hall–Kier alpha value is -3.02. The third-order valence-electron chi connectivity index (χ3n) is 4.97. The zero-order chi connectivity index (χ0) is 19.6. The molecule has 0 unspecified atom stereocenters. The van der Waals surface area contributed by atoms with E-state index in [-0.39, 0.29) is 28.9 Å². The zero-order valence-corrected chi connectivity index (χ0v) is 15.6. The molecule has 2 aromatic carbocycles. The number of amides is 2. The van der Waals surface area contributed by atoms with Gasteiger partial charge in [0.1, 0.15) is 11.5 Å². The largest absolute Gasteiger partial charge is 0.508 e. The molecule has 2 aromatic rings. The lowest BCUT2D eigenvalue weighted by Crippen LogP contribution is -2.37. The minimum absolute atomic E-state index is 0.0256. The van der Waals surface area contributed by atoms with E-state index < -0.39 is 0 Å². The quantitative estimate of drug-likeness (QED) is 0.854. The summed E-state index contributed by atoms with van der Waals surface area (Å²) in [6.45, 7) is 5.96. The van der Waals surface area contributed by atoms with Gasteiger partial charge < -0.3 is 20.0 Å². The molecule has 0 aliphatic carbocycles. The van der Waals surface area contributed by atoms with Gasteiger partial charge in [0.15, 0.2) is 0 Å². The van der Waals surface area contributed by atoms with Crippen LogP contribution in [-0.2, 0) is 0 Å². The lowest BCUT2D eigenvalue weighted by atomic mass is 10.1. The van der Waals surface area contributed by atoms with Gasteiger partial charge in [-0.3, -0.25) is 9.59 Å². The Labute approximate surface area is 158 Å². The lowest BCUT2D eigenvalue weighted by molar-refractivity contribution is 0.0718. The second-order valence-corrected chi connectivity index (χ2v) is 6.98. The maximum Gasteiger partial charge on any atom is 0.254 e. The van der Waals surface area contributed by atoms with Crippen molar-refractivity contribution in [1.82, 2.24) is 9.80 Å². The number of nitrogens with zero attached hydrogens (tertiary/aromatic N) is 2. The van der Waals surface area contributed by atoms with E-state index in [2.05, 4.69) is 0 Å². The van der Waals surface area contributed by atoms with Crippen LogP contribution >= 0.6 is 0 Å². The maximum absolute atomic E-state index is 12.8. The first kappa shape index (κ1) is 18.8. The highest BCUT2D eigenvalue weighted by atomic mass is 16.3. The van der Waals surface area contributed by atoms with Crippen molar-refractivity contribution in [2.45, 2.75) is 20.3 Å². The molecule has 27 heavy (non-hydrogen) atoms. The zero-order valence-electron chi connectivity index (χ0n) is 15.6. The number of carbonyl (C=O) groups excluding carboxylic acids is 2. The average molecular weight is 368 g/mol. The van der Waals surface area contributed by atoms with Crippen molar-refractivity contribution in [1.29, 1.82) is 0 Å². The molecule has 2 amide bonds. The second-order valence-electron chi connectivity index (χ2n) is 6.98. The number of phenolic OH excluding ortho intramolecular Hbond substituents is 2. The molecule has 0 radical (unpaired) electrons. The summed E-state index contributed by atoms with van der Waals surface area (Å²) in [5, 5.41) is 19.2. The molecule has 3 rings (SSSR count). The Morgan fingerprint density at radius 3 is 1.85 bits per heavy atom. The van der Waals surface area contributed by atoms with Crippen molar-refractivity contribution in [2.24, 2.45) is 0 Å². The van der Waals surface area contributed by atoms with Crippen molar-refractivity contribution < 1.29 is 19.8 Å². The highest BCUT2D eigenvalue weighted by Gasteiger charge is 2.24. The summed E-state index contributed by atoms with van der Waals surface area (Å²) >= 11 is 0. The monoisotopic (exact) mass is 368 g/mol. The predicted molar refractivity (Wildman–Crippen MR) is 102 cm³/mol. The third-order valence-corrected chi connectivity index (χ3v) is 4.97. The summed E-state index contributed by atoms with van der Waals surface area (Å²) in [4.78, 5) is 28.9. The molecule has 0 saturated carbocycles. The fraction of sp³-hybridized carbons (Fsp3) is 0.333. The molecule has 6 heteroatoms. The van der Waals surface area contributed by atoms with Crippen LogP contribution in [0, 0.1) is 13.8 Å². The van der Waals surface area contributed by atoms with Crippen LogP contribution < -0.4 is 0 Å². The Bertz CT molecular complexity index is 858. The van der Waals surface area contributed by atoms with Gasteiger partial charge in [0.2, 0.25) is 0 Å². The molecule has 0 bridgehead atoms. The standard InChI is InChI=1S/C21H24N2O4/c1-14-4-5-16(10-15(14)2)20(26)22-6-3-7-23(9-8-22)21(27)17-11-18(24)13-19(25)12-17/h4-5,10-13,24-25H,3,6-9H2,1-2H3. The highest BCUT2D eigenvalue weighted by molar-refractivity contribution is 5.96. The molecule has 142 valence electrons. The van der Waals surface area contributed by atoms with Gasteiger partial charge in [0.25, 0.3) is 11.8 Å². The van der Waals surface area contributed by atoms with Gasteiger partial charge in [-0.05, 0) is 55.7 Å². The van der Waals surface area contributed by atoms with E-state index in [0.29, 0.717) is 38.2 Å². The number of carbonyl (C=O) groups is 2. The van der Waals surface area contributed by atoms with Crippen molar-refractivity contribution in [3.8, 4) is 11.5 Å². The molecule has 0 aromatic heterocycles. The summed E-state index contributed by atoms with van der Waals surface area (Å²) in [7, 11) is 0. The molecule has 0 atom stereocenters. The second kappa shape index (κ2) is 7.70. The third kappa shape index (κ3) is 4.22. The van der Waals surface area contributed by atoms with E-state index in [0.717, 1.165) is 11.1 Å². The summed E-state index contributed by atoms with van der Waals surface area (Å²) in [6, 6.07) is 9.55. The van der Waals surface area contributed by atoms with Crippen LogP contribution in [0.1, 0.15) is 38.3 Å². The van der Waals surface area contributed by atoms with Crippen LogP contribution in [0.25, 0.3) is 0 Å². The van der Waals surface area contributed by atoms with E-state index >= 15 is 0 Å². The molecule has 1 saturated heterocycles. The number of benzene rings is 2. The van der Waals surface area contributed by atoms with E-state index in [4.69, 9.17) is 0 Å². The van der Waals surface area contributed by atoms with Gasteiger partial charge in [-0.1, -0.05) is 6.07 Å². The van der Waals surface area contributed by atoms with Crippen molar-refractivity contribution in [3.63, 3.8) is 0 Å². The van der Waals surface area contributed by atoms with E-state index in [1.807, 2.05) is 32.0 Å². The van der Waals surface area contributed by atoms with Crippen molar-refractivity contribution in [3.05, 3.63) is 58.7 Å². The smallest absolute Gasteiger partial charge is 0.254 e. The summed E-state index contributed by atoms with van der Waals surface area (Å²) in [5.41, 5.74) is 3.13. The molecule has 1 heterocycles. The highest BCUT2D eigenvalue weighted by Crippen LogP contribution is 2.22. The van der Waals surface area contributed by atoms with Crippen LogP contribution in [-0.4, -0.2) is 58.0 Å². The van der Waals surface area contributed by atoms with Gasteiger partial charge >= 0.3 is 0 Å². The number of phenols is 2. The SMILES string of the molecule is Cc1ccc(C(=O)N2CCCN(C(=O)c3cc(O)cc(O)c3)CC2)cc1C. The van der Waals surface area contributed by atoms with Crippen LogP contribution in [0.2, 0.25) is 0 Å². The van der Waals surface area contributed by atoms with Gasteiger partial charge in [0.05, 0.1) is 0 Å². The average Bonchev–Trinajstić information content (AvgIpc) is 2.88. The Morgan fingerprint density at radius 2 is 1.30 bits per heavy atom. The molecule has 2 N–H and O–H groups in total. The van der Waals surface area contributed by atoms with Gasteiger partial charge in [-0.2, -0.15) is 0 Å². The number of aryl methyl sites for hydroxylation is 2. The molecule has 6 nitrogen and oxygen atoms in total. The van der Waals surface area contributed by atoms with Crippen LogP contribution in [0.4, 0.5) is 0 Å². The molecular formula is C21H24N2O4. The van der Waals surface area contributed by atoms with Crippen LogP contribution in [0.15, 0.2) is 36.4 Å². The number of hydrogen-bond donors (Lipinski definition) is 2. The van der Waals surface area contributed by atoms with E-state index in [9.17, 15) is 19.8 Å². The summed E-state index contributed by atoms with van der Waals surface area (Å²) < 4.78 is 0. The van der Waals surface area contributed by atoms with Crippen molar-refractivity contribution >= 4 is 11.8 Å². The topological polar surface area (TPSA) is 81.1 Å². The predicted octanol–water partition coefficient (Wildman–Crippen LogP) is 2.70. The fourth-order valence-electron chi connectivity index (χ4n) is 3.28. The minimum Gasteiger partial charge on any atom is -0.508 e. The first-order valence-corrected chi connectivity index (χ1v) is 9.04. The van der Waals surface area contributed by atoms with Gasteiger partial charge in [-0.25, -0.2) is 0 Å². The normalized spacial score (nSPS) is 14.7. The van der Waals surface area contributed by atoms with Crippen LogP contribution in [0.5, 0.6) is 11.5 Å². The first-order valence-electron chi connectivity index (χ1n) is 9.04. The maximum atomic E-state index is 12.8. The number of hydrogen-bond acceptors (Lipinski definition) is 4. The van der Waals surface area contributed by atoms with Crippen molar-refractivity contribution in [2.75, 3.05) is 26.2 Å². The Morgan fingerprint density at radius 1 is 0.741 bits per heavy atom. The first-order chi connectivity index (χ1) is 12.8. The van der Waals surface area contributed by atoms with Gasteiger partial charge in [0, 0.05) is 43.4 Å². The molecule has 0 spiro atoms. The Balaban J connectivity index is 1.70. The molecule has 1 aliphatic rings. The Kier molecular flexibility index (Phi) is 5.35.